The van der Waals surface area contributed by atoms with Gasteiger partial charge >= 0.3 is 0 Å². The minimum Gasteiger partial charge on any atom is -0.398 e. The summed E-state index contributed by atoms with van der Waals surface area (Å²) >= 11 is 5.03. The number of aromatic nitrogens is 3. The van der Waals surface area contributed by atoms with Crippen LogP contribution in [0.3, 0.4) is 0 Å². The van der Waals surface area contributed by atoms with Crippen LogP contribution in [0.2, 0.25) is 0 Å². The summed E-state index contributed by atoms with van der Waals surface area (Å²) in [7, 11) is 0. The molecule has 18 heavy (non-hydrogen) atoms. The zero-order valence-electron chi connectivity index (χ0n) is 9.22. The van der Waals surface area contributed by atoms with E-state index >= 15 is 0 Å². The van der Waals surface area contributed by atoms with E-state index in [9.17, 15) is 0 Å². The molecule has 0 spiro atoms. The zero-order valence-corrected chi connectivity index (χ0v) is 11.6. The highest BCUT2D eigenvalue weighted by Crippen LogP contribution is 2.27. The van der Waals surface area contributed by atoms with Gasteiger partial charge in [-0.1, -0.05) is 6.07 Å². The van der Waals surface area contributed by atoms with E-state index < -0.39 is 0 Å². The number of H-pyrrole nitrogens is 1. The molecule has 0 radical (unpaired) electrons. The quantitative estimate of drug-likeness (QED) is 0.709. The van der Waals surface area contributed by atoms with Crippen molar-refractivity contribution in [3.8, 4) is 22.1 Å². The Kier molecular flexibility index (Phi) is 2.89. The summed E-state index contributed by atoms with van der Waals surface area (Å²) in [5.41, 5.74) is 7.38. The van der Waals surface area contributed by atoms with Crippen molar-refractivity contribution in [3.63, 3.8) is 0 Å². The Labute approximate surface area is 116 Å². The molecule has 0 unspecified atom stereocenters. The average Bonchev–Trinajstić information content (AvgIpc) is 3.01. The fraction of sp³-hybridized carbons (Fsp3) is 0. The fourth-order valence-electron chi connectivity index (χ4n) is 1.58. The second-order valence-corrected chi connectivity index (χ2v) is 5.52. The van der Waals surface area contributed by atoms with Gasteiger partial charge < -0.3 is 5.73 Å². The molecule has 1 aromatic carbocycles. The minimum atomic E-state index is 0.666. The molecule has 0 bridgehead atoms. The van der Waals surface area contributed by atoms with Crippen molar-refractivity contribution >= 4 is 33.0 Å². The van der Waals surface area contributed by atoms with Crippen molar-refractivity contribution in [2.45, 2.75) is 0 Å². The Morgan fingerprint density at radius 2 is 2.17 bits per heavy atom. The number of hydrogen-bond acceptors (Lipinski definition) is 4. The molecular formula is C12H9BrN4S. The molecule has 2 heterocycles. The Hall–Kier alpha value is -1.66. The van der Waals surface area contributed by atoms with Gasteiger partial charge in [0, 0.05) is 15.7 Å². The van der Waals surface area contributed by atoms with E-state index in [-0.39, 0.29) is 0 Å². The molecule has 2 aromatic heterocycles. The number of halogens is 1. The summed E-state index contributed by atoms with van der Waals surface area (Å²) in [5.74, 6) is 1.45. The van der Waals surface area contributed by atoms with Crippen LogP contribution in [0.4, 0.5) is 5.69 Å². The number of aromatic amines is 1. The highest BCUT2D eigenvalue weighted by molar-refractivity contribution is 9.10. The van der Waals surface area contributed by atoms with Gasteiger partial charge in [0.05, 0.1) is 4.88 Å². The Morgan fingerprint density at radius 1 is 1.28 bits per heavy atom. The molecule has 0 aliphatic carbocycles. The van der Waals surface area contributed by atoms with Gasteiger partial charge in [-0.3, -0.25) is 5.10 Å². The largest absolute Gasteiger partial charge is 0.398 e. The minimum absolute atomic E-state index is 0.666. The SMILES string of the molecule is Nc1ccc(-c2n[nH]c(-c3cccs3)n2)cc1Br. The topological polar surface area (TPSA) is 67.6 Å². The summed E-state index contributed by atoms with van der Waals surface area (Å²) in [6.45, 7) is 0. The van der Waals surface area contributed by atoms with E-state index in [0.717, 1.165) is 20.7 Å². The Bertz CT molecular complexity index is 675. The van der Waals surface area contributed by atoms with Crippen molar-refractivity contribution in [3.05, 3.63) is 40.2 Å². The lowest BCUT2D eigenvalue weighted by Crippen LogP contribution is -1.87. The van der Waals surface area contributed by atoms with Crippen molar-refractivity contribution < 1.29 is 0 Å². The van der Waals surface area contributed by atoms with Gasteiger partial charge in [-0.15, -0.1) is 11.3 Å². The first kappa shape index (κ1) is 11.4. The second kappa shape index (κ2) is 4.55. The molecule has 6 heteroatoms. The number of rotatable bonds is 2. The first-order valence-electron chi connectivity index (χ1n) is 5.26. The van der Waals surface area contributed by atoms with Crippen molar-refractivity contribution in [2.75, 3.05) is 5.73 Å². The molecule has 0 atom stereocenters. The van der Waals surface area contributed by atoms with Crippen molar-refractivity contribution in [2.24, 2.45) is 0 Å². The number of anilines is 1. The third-order valence-corrected chi connectivity index (χ3v) is 4.06. The monoisotopic (exact) mass is 320 g/mol. The number of nitrogens with zero attached hydrogens (tertiary/aromatic N) is 2. The maximum Gasteiger partial charge on any atom is 0.181 e. The van der Waals surface area contributed by atoms with E-state index in [1.807, 2.05) is 35.7 Å². The third kappa shape index (κ3) is 2.04. The standard InChI is InChI=1S/C12H9BrN4S/c13-8-6-7(3-4-9(8)14)11-15-12(17-16-11)10-2-1-5-18-10/h1-6H,14H2,(H,15,16,17). The smallest absolute Gasteiger partial charge is 0.181 e. The maximum atomic E-state index is 5.76. The van der Waals surface area contributed by atoms with Gasteiger partial charge in [0.25, 0.3) is 0 Å². The Morgan fingerprint density at radius 3 is 2.89 bits per heavy atom. The number of benzene rings is 1. The molecule has 3 aromatic rings. The van der Waals surface area contributed by atoms with Gasteiger partial charge in [0.15, 0.2) is 11.6 Å². The highest BCUT2D eigenvalue weighted by atomic mass is 79.9. The molecule has 3 N–H and O–H groups in total. The lowest BCUT2D eigenvalue weighted by molar-refractivity contribution is 1.10. The lowest BCUT2D eigenvalue weighted by Gasteiger charge is -1.99. The third-order valence-electron chi connectivity index (χ3n) is 2.50. The highest BCUT2D eigenvalue weighted by Gasteiger charge is 2.09. The van der Waals surface area contributed by atoms with Crippen LogP contribution in [0.5, 0.6) is 0 Å². The van der Waals surface area contributed by atoms with Crippen LogP contribution in [0.1, 0.15) is 0 Å². The summed E-state index contributed by atoms with van der Waals surface area (Å²) in [6, 6.07) is 9.65. The van der Waals surface area contributed by atoms with Crippen LogP contribution in [0, 0.1) is 0 Å². The fourth-order valence-corrected chi connectivity index (χ4v) is 2.62. The first-order chi connectivity index (χ1) is 8.74. The molecule has 0 aliphatic heterocycles. The van der Waals surface area contributed by atoms with E-state index in [2.05, 4.69) is 31.1 Å². The van der Waals surface area contributed by atoms with E-state index in [1.54, 1.807) is 11.3 Å². The second-order valence-electron chi connectivity index (χ2n) is 3.72. The van der Waals surface area contributed by atoms with Gasteiger partial charge in [0.1, 0.15) is 0 Å². The number of nitrogen functional groups attached to an aromatic ring is 1. The summed E-state index contributed by atoms with van der Waals surface area (Å²) in [5, 5.41) is 9.18. The van der Waals surface area contributed by atoms with Crippen LogP contribution in [0.15, 0.2) is 40.2 Å². The molecule has 0 aliphatic rings. The molecule has 0 fully saturated rings. The molecule has 90 valence electrons. The van der Waals surface area contributed by atoms with Gasteiger partial charge in [0.2, 0.25) is 0 Å². The van der Waals surface area contributed by atoms with Crippen LogP contribution in [-0.2, 0) is 0 Å². The summed E-state index contributed by atoms with van der Waals surface area (Å²) < 4.78 is 0.850. The summed E-state index contributed by atoms with van der Waals surface area (Å²) in [6.07, 6.45) is 0. The van der Waals surface area contributed by atoms with Gasteiger partial charge in [-0.05, 0) is 45.6 Å². The van der Waals surface area contributed by atoms with Crippen LogP contribution in [0.25, 0.3) is 22.1 Å². The van der Waals surface area contributed by atoms with Crippen LogP contribution < -0.4 is 5.73 Å². The van der Waals surface area contributed by atoms with Gasteiger partial charge in [-0.25, -0.2) is 4.98 Å². The van der Waals surface area contributed by atoms with Crippen LogP contribution in [-0.4, -0.2) is 15.2 Å². The van der Waals surface area contributed by atoms with Crippen LogP contribution >= 0.6 is 27.3 Å². The Balaban J connectivity index is 2.00. The average molecular weight is 321 g/mol. The number of nitrogens with one attached hydrogen (secondary N) is 1. The molecule has 0 amide bonds. The van der Waals surface area contributed by atoms with Crippen molar-refractivity contribution in [1.82, 2.24) is 15.2 Å². The first-order valence-corrected chi connectivity index (χ1v) is 6.93. The molecule has 4 nitrogen and oxygen atoms in total. The van der Waals surface area contributed by atoms with Gasteiger partial charge in [-0.2, -0.15) is 5.10 Å². The lowest BCUT2D eigenvalue weighted by atomic mass is 10.2. The molecule has 3 rings (SSSR count). The van der Waals surface area contributed by atoms with E-state index in [0.29, 0.717) is 11.5 Å². The maximum absolute atomic E-state index is 5.76. The number of hydrogen-bond donors (Lipinski definition) is 2. The van der Waals surface area contributed by atoms with Crippen molar-refractivity contribution in [1.29, 1.82) is 0 Å². The molecule has 0 saturated heterocycles. The van der Waals surface area contributed by atoms with E-state index in [4.69, 9.17) is 5.73 Å². The normalized spacial score (nSPS) is 10.7. The van der Waals surface area contributed by atoms with E-state index in [1.165, 1.54) is 0 Å². The molecular weight excluding hydrogens is 312 g/mol. The zero-order chi connectivity index (χ0) is 12.5. The number of nitrogens with two attached hydrogens (primary N) is 1. The number of thiophene rings is 1. The summed E-state index contributed by atoms with van der Waals surface area (Å²) in [4.78, 5) is 5.55. The molecule has 0 saturated carbocycles. The predicted octanol–water partition coefficient (Wildman–Crippen LogP) is 3.54. The predicted molar refractivity (Wildman–Crippen MR) is 77.2 cm³/mol.